The molecule has 25 heavy (non-hydrogen) atoms. The van der Waals surface area contributed by atoms with Gasteiger partial charge in [-0.25, -0.2) is 17.5 Å². The van der Waals surface area contributed by atoms with Crippen LogP contribution in [0.1, 0.15) is 16.1 Å². The Kier molecular flexibility index (Phi) is 5.60. The molecule has 0 saturated carbocycles. The van der Waals surface area contributed by atoms with E-state index in [4.69, 9.17) is 9.15 Å². The fourth-order valence-corrected chi connectivity index (χ4v) is 2.83. The molecule has 0 aliphatic rings. The van der Waals surface area contributed by atoms with Crippen molar-refractivity contribution in [1.82, 2.24) is 4.31 Å². The number of furan rings is 1. The average Bonchev–Trinajstić information content (AvgIpc) is 2.99. The van der Waals surface area contributed by atoms with Crippen LogP contribution in [-0.2, 0) is 19.6 Å². The Labute approximate surface area is 145 Å². The van der Waals surface area contributed by atoms with E-state index in [9.17, 15) is 18.0 Å². The molecule has 0 fully saturated rings. The van der Waals surface area contributed by atoms with Crippen LogP contribution in [0.4, 0.5) is 5.69 Å². The van der Waals surface area contributed by atoms with Crippen LogP contribution < -0.4 is 5.32 Å². The molecule has 2 aromatic rings. The summed E-state index contributed by atoms with van der Waals surface area (Å²) in [5, 5.41) is 2.52. The minimum Gasteiger partial charge on any atom is -0.469 e. The minimum atomic E-state index is -3.53. The van der Waals surface area contributed by atoms with Gasteiger partial charge in [0.2, 0.25) is 10.0 Å². The molecule has 2 rings (SSSR count). The van der Waals surface area contributed by atoms with Crippen molar-refractivity contribution in [2.45, 2.75) is 11.8 Å². The van der Waals surface area contributed by atoms with Gasteiger partial charge in [0.1, 0.15) is 11.3 Å². The maximum Gasteiger partial charge on any atom is 0.342 e. The van der Waals surface area contributed by atoms with Gasteiger partial charge in [-0.1, -0.05) is 0 Å². The third-order valence-corrected chi connectivity index (χ3v) is 5.16. The predicted molar refractivity (Wildman–Crippen MR) is 89.7 cm³/mol. The van der Waals surface area contributed by atoms with E-state index in [0.29, 0.717) is 11.4 Å². The van der Waals surface area contributed by atoms with Crippen molar-refractivity contribution in [1.29, 1.82) is 0 Å². The Morgan fingerprint density at radius 2 is 1.80 bits per heavy atom. The number of nitrogens with zero attached hydrogens (tertiary/aromatic N) is 1. The fraction of sp³-hybridized carbons (Fsp3) is 0.250. The average molecular weight is 366 g/mol. The van der Waals surface area contributed by atoms with Gasteiger partial charge < -0.3 is 14.5 Å². The Hall–Kier alpha value is -2.65. The number of amides is 1. The molecule has 0 aliphatic carbocycles. The molecule has 0 saturated heterocycles. The second-order valence-corrected chi connectivity index (χ2v) is 7.48. The third-order valence-electron chi connectivity index (χ3n) is 3.33. The standard InChI is InChI=1S/C16H18N2O6S/c1-11-14(8-9-23-11)16(20)24-10-15(19)17-12-4-6-13(7-5-12)25(21,22)18(2)3/h4-9H,10H2,1-3H3,(H,17,19). The number of nitrogens with one attached hydrogen (secondary N) is 1. The Balaban J connectivity index is 1.93. The molecule has 0 radical (unpaired) electrons. The molecule has 8 nitrogen and oxygen atoms in total. The van der Waals surface area contributed by atoms with Gasteiger partial charge in [0, 0.05) is 19.8 Å². The summed E-state index contributed by atoms with van der Waals surface area (Å²) in [6, 6.07) is 7.13. The van der Waals surface area contributed by atoms with E-state index in [1.165, 1.54) is 50.7 Å². The van der Waals surface area contributed by atoms with Crippen molar-refractivity contribution in [3.05, 3.63) is 47.9 Å². The number of benzene rings is 1. The number of hydrogen-bond donors (Lipinski definition) is 1. The van der Waals surface area contributed by atoms with Crippen molar-refractivity contribution in [2.75, 3.05) is 26.0 Å². The second-order valence-electron chi connectivity index (χ2n) is 5.33. The summed E-state index contributed by atoms with van der Waals surface area (Å²) in [5.74, 6) is -0.797. The highest BCUT2D eigenvalue weighted by atomic mass is 32.2. The van der Waals surface area contributed by atoms with E-state index in [-0.39, 0.29) is 10.5 Å². The number of esters is 1. The van der Waals surface area contributed by atoms with E-state index in [2.05, 4.69) is 5.32 Å². The highest BCUT2D eigenvalue weighted by Gasteiger charge is 2.17. The molecule has 0 bridgehead atoms. The highest BCUT2D eigenvalue weighted by molar-refractivity contribution is 7.89. The van der Waals surface area contributed by atoms with Gasteiger partial charge in [-0.15, -0.1) is 0 Å². The van der Waals surface area contributed by atoms with Gasteiger partial charge in [0.05, 0.1) is 11.2 Å². The lowest BCUT2D eigenvalue weighted by Crippen LogP contribution is -2.22. The molecule has 0 spiro atoms. The minimum absolute atomic E-state index is 0.109. The van der Waals surface area contributed by atoms with Gasteiger partial charge in [0.25, 0.3) is 5.91 Å². The van der Waals surface area contributed by atoms with E-state index in [1.54, 1.807) is 6.92 Å². The van der Waals surface area contributed by atoms with Gasteiger partial charge in [-0.05, 0) is 37.3 Å². The normalized spacial score (nSPS) is 11.4. The van der Waals surface area contributed by atoms with Gasteiger partial charge in [0.15, 0.2) is 6.61 Å². The largest absolute Gasteiger partial charge is 0.469 e. The number of ether oxygens (including phenoxy) is 1. The molecule has 0 atom stereocenters. The van der Waals surface area contributed by atoms with E-state index in [1.807, 2.05) is 0 Å². The van der Waals surface area contributed by atoms with Crippen LogP contribution in [0.25, 0.3) is 0 Å². The lowest BCUT2D eigenvalue weighted by atomic mass is 10.3. The maximum absolute atomic E-state index is 12.0. The molecule has 1 heterocycles. The van der Waals surface area contributed by atoms with E-state index < -0.39 is 28.5 Å². The van der Waals surface area contributed by atoms with Gasteiger partial charge in [-0.2, -0.15) is 0 Å². The van der Waals surface area contributed by atoms with E-state index in [0.717, 1.165) is 4.31 Å². The summed E-state index contributed by atoms with van der Waals surface area (Å²) < 4.78 is 34.9. The van der Waals surface area contributed by atoms with Crippen LogP contribution in [0.2, 0.25) is 0 Å². The molecule has 9 heteroatoms. The van der Waals surface area contributed by atoms with Crippen LogP contribution in [0.15, 0.2) is 45.9 Å². The summed E-state index contributed by atoms with van der Waals surface area (Å²) in [7, 11) is -0.667. The van der Waals surface area contributed by atoms with Crippen LogP contribution in [-0.4, -0.2) is 45.3 Å². The SMILES string of the molecule is Cc1occc1C(=O)OCC(=O)Nc1ccc(S(=O)(=O)N(C)C)cc1. The number of carbonyl (C=O) groups is 2. The summed E-state index contributed by atoms with van der Waals surface area (Å²) in [4.78, 5) is 23.7. The summed E-state index contributed by atoms with van der Waals surface area (Å²) in [6.07, 6.45) is 1.36. The number of hydrogen-bond acceptors (Lipinski definition) is 6. The lowest BCUT2D eigenvalue weighted by molar-refractivity contribution is -0.119. The number of anilines is 1. The fourth-order valence-electron chi connectivity index (χ4n) is 1.92. The van der Waals surface area contributed by atoms with Crippen molar-refractivity contribution in [2.24, 2.45) is 0 Å². The molecule has 134 valence electrons. The molecule has 0 unspecified atom stereocenters. The van der Waals surface area contributed by atoms with Crippen LogP contribution in [0.5, 0.6) is 0 Å². The topological polar surface area (TPSA) is 106 Å². The Bertz CT molecular complexity index is 868. The monoisotopic (exact) mass is 366 g/mol. The second kappa shape index (κ2) is 7.49. The summed E-state index contributed by atoms with van der Waals surface area (Å²) in [6.45, 7) is 1.14. The first-order chi connectivity index (χ1) is 11.7. The molecule has 1 N–H and O–H groups in total. The van der Waals surface area contributed by atoms with Crippen LogP contribution in [0.3, 0.4) is 0 Å². The first-order valence-electron chi connectivity index (χ1n) is 7.25. The quantitative estimate of drug-likeness (QED) is 0.779. The van der Waals surface area contributed by atoms with Crippen LogP contribution in [0, 0.1) is 6.92 Å². The molecule has 0 aliphatic heterocycles. The zero-order valence-electron chi connectivity index (χ0n) is 14.0. The zero-order valence-corrected chi connectivity index (χ0v) is 14.8. The van der Waals surface area contributed by atoms with Gasteiger partial charge in [-0.3, -0.25) is 4.79 Å². The third kappa shape index (κ3) is 4.46. The summed E-state index contributed by atoms with van der Waals surface area (Å²) in [5.41, 5.74) is 0.643. The molecular weight excluding hydrogens is 348 g/mol. The number of aryl methyl sites for hydroxylation is 1. The van der Waals surface area contributed by atoms with E-state index >= 15 is 0 Å². The predicted octanol–water partition coefficient (Wildman–Crippen LogP) is 1.63. The lowest BCUT2D eigenvalue weighted by Gasteiger charge is -2.12. The molecule has 1 aromatic carbocycles. The maximum atomic E-state index is 12.0. The number of sulfonamides is 1. The van der Waals surface area contributed by atoms with Crippen molar-refractivity contribution < 1.29 is 27.2 Å². The number of rotatable bonds is 6. The zero-order chi connectivity index (χ0) is 18.6. The Morgan fingerprint density at radius 1 is 1.16 bits per heavy atom. The molecular formula is C16H18N2O6S. The first-order valence-corrected chi connectivity index (χ1v) is 8.69. The van der Waals surface area contributed by atoms with Crippen molar-refractivity contribution in [3.8, 4) is 0 Å². The van der Waals surface area contributed by atoms with Gasteiger partial charge >= 0.3 is 5.97 Å². The van der Waals surface area contributed by atoms with Crippen molar-refractivity contribution >= 4 is 27.6 Å². The summed E-state index contributed by atoms with van der Waals surface area (Å²) >= 11 is 0. The number of carbonyl (C=O) groups excluding carboxylic acids is 2. The smallest absolute Gasteiger partial charge is 0.342 e. The molecule has 1 amide bonds. The Morgan fingerprint density at radius 3 is 2.32 bits per heavy atom. The van der Waals surface area contributed by atoms with Crippen LogP contribution >= 0.6 is 0 Å². The van der Waals surface area contributed by atoms with Crippen molar-refractivity contribution in [3.63, 3.8) is 0 Å². The highest BCUT2D eigenvalue weighted by Crippen LogP contribution is 2.16. The molecule has 1 aromatic heterocycles. The first kappa shape index (κ1) is 18.7.